The maximum absolute atomic E-state index is 12.9. The summed E-state index contributed by atoms with van der Waals surface area (Å²) in [4.78, 5) is 39.2. The van der Waals surface area contributed by atoms with Gasteiger partial charge in [0.25, 0.3) is 0 Å². The SMILES string of the molecule is CCOC(=O)CN(Cc1ccccc1)C(=O)C1CCCN(C(N)=O)C1. The fraction of sp³-hybridized carbons (Fsp3) is 0.500. The fourth-order valence-corrected chi connectivity index (χ4v) is 3.02. The van der Waals surface area contributed by atoms with Gasteiger partial charge in [-0.2, -0.15) is 0 Å². The Kier molecular flexibility index (Phi) is 6.80. The van der Waals surface area contributed by atoms with Gasteiger partial charge in [-0.1, -0.05) is 30.3 Å². The number of nitrogens with two attached hydrogens (primary N) is 1. The quantitative estimate of drug-likeness (QED) is 0.787. The summed E-state index contributed by atoms with van der Waals surface area (Å²) in [5.74, 6) is -0.934. The largest absolute Gasteiger partial charge is 0.465 e. The van der Waals surface area contributed by atoms with Gasteiger partial charge >= 0.3 is 12.0 Å². The van der Waals surface area contributed by atoms with Gasteiger partial charge in [0, 0.05) is 19.6 Å². The molecule has 3 amide bonds. The van der Waals surface area contributed by atoms with Crippen LogP contribution in [0.2, 0.25) is 0 Å². The van der Waals surface area contributed by atoms with Gasteiger partial charge in [0.05, 0.1) is 12.5 Å². The van der Waals surface area contributed by atoms with E-state index in [-0.39, 0.29) is 25.0 Å². The summed E-state index contributed by atoms with van der Waals surface area (Å²) in [6.07, 6.45) is 1.40. The van der Waals surface area contributed by atoms with Crippen molar-refractivity contribution in [3.8, 4) is 0 Å². The first kappa shape index (κ1) is 18.8. The van der Waals surface area contributed by atoms with E-state index < -0.39 is 12.0 Å². The Bertz CT molecular complexity index is 606. The summed E-state index contributed by atoms with van der Waals surface area (Å²) < 4.78 is 4.99. The Hall–Kier alpha value is -2.57. The number of ether oxygens (including phenoxy) is 1. The highest BCUT2D eigenvalue weighted by atomic mass is 16.5. The minimum absolute atomic E-state index is 0.103. The van der Waals surface area contributed by atoms with Crippen LogP contribution in [-0.2, 0) is 20.9 Å². The molecule has 0 saturated carbocycles. The van der Waals surface area contributed by atoms with Crippen LogP contribution in [0.3, 0.4) is 0 Å². The van der Waals surface area contributed by atoms with E-state index in [1.165, 1.54) is 9.80 Å². The van der Waals surface area contributed by atoms with Crippen LogP contribution in [0, 0.1) is 5.92 Å². The molecule has 1 heterocycles. The van der Waals surface area contributed by atoms with Gasteiger partial charge in [-0.15, -0.1) is 0 Å². The summed E-state index contributed by atoms with van der Waals surface area (Å²) >= 11 is 0. The number of piperidine rings is 1. The smallest absolute Gasteiger partial charge is 0.325 e. The lowest BCUT2D eigenvalue weighted by Crippen LogP contribution is -2.49. The van der Waals surface area contributed by atoms with Crippen LogP contribution in [0.4, 0.5) is 4.79 Å². The molecule has 2 rings (SSSR count). The molecular weight excluding hydrogens is 322 g/mol. The fourth-order valence-electron chi connectivity index (χ4n) is 3.02. The van der Waals surface area contributed by atoms with Gasteiger partial charge in [-0.25, -0.2) is 4.79 Å². The number of esters is 1. The Morgan fingerprint density at radius 2 is 2.00 bits per heavy atom. The number of carbonyl (C=O) groups excluding carboxylic acids is 3. The van der Waals surface area contributed by atoms with Crippen LogP contribution in [0.1, 0.15) is 25.3 Å². The minimum Gasteiger partial charge on any atom is -0.465 e. The van der Waals surface area contributed by atoms with Gasteiger partial charge in [0.1, 0.15) is 6.54 Å². The minimum atomic E-state index is -0.516. The van der Waals surface area contributed by atoms with Gasteiger partial charge in [-0.05, 0) is 25.3 Å². The zero-order valence-electron chi connectivity index (χ0n) is 14.5. The van der Waals surface area contributed by atoms with E-state index in [1.54, 1.807) is 6.92 Å². The summed E-state index contributed by atoms with van der Waals surface area (Å²) in [6, 6.07) is 8.96. The molecule has 7 nitrogen and oxygen atoms in total. The molecule has 136 valence electrons. The maximum atomic E-state index is 12.9. The van der Waals surface area contributed by atoms with Gasteiger partial charge in [0.15, 0.2) is 0 Å². The second-order valence-corrected chi connectivity index (χ2v) is 6.11. The Balaban J connectivity index is 2.10. The lowest BCUT2D eigenvalue weighted by molar-refractivity contribution is -0.151. The molecule has 1 saturated heterocycles. The zero-order valence-corrected chi connectivity index (χ0v) is 14.5. The summed E-state index contributed by atoms with van der Waals surface area (Å²) in [6.45, 7) is 3.08. The third kappa shape index (κ3) is 5.48. The van der Waals surface area contributed by atoms with Crippen LogP contribution in [0.25, 0.3) is 0 Å². The predicted molar refractivity (Wildman–Crippen MR) is 92.4 cm³/mol. The van der Waals surface area contributed by atoms with E-state index in [0.29, 0.717) is 26.1 Å². The average Bonchev–Trinajstić information content (AvgIpc) is 2.61. The monoisotopic (exact) mass is 347 g/mol. The topological polar surface area (TPSA) is 92.9 Å². The van der Waals surface area contributed by atoms with Gasteiger partial charge in [0.2, 0.25) is 5.91 Å². The van der Waals surface area contributed by atoms with Crippen LogP contribution >= 0.6 is 0 Å². The van der Waals surface area contributed by atoms with E-state index in [0.717, 1.165) is 12.0 Å². The molecule has 1 aromatic rings. The predicted octanol–water partition coefficient (Wildman–Crippen LogP) is 1.37. The van der Waals surface area contributed by atoms with Crippen molar-refractivity contribution >= 4 is 17.9 Å². The summed E-state index contributed by atoms with van der Waals surface area (Å²) in [7, 11) is 0. The van der Waals surface area contributed by atoms with Crippen molar-refractivity contribution in [2.45, 2.75) is 26.3 Å². The van der Waals surface area contributed by atoms with Crippen molar-refractivity contribution in [3.05, 3.63) is 35.9 Å². The lowest BCUT2D eigenvalue weighted by atomic mass is 9.96. The van der Waals surface area contributed by atoms with Crippen molar-refractivity contribution in [2.24, 2.45) is 11.7 Å². The number of benzene rings is 1. The number of hydrogen-bond donors (Lipinski definition) is 1. The van der Waals surface area contributed by atoms with E-state index in [2.05, 4.69) is 0 Å². The van der Waals surface area contributed by atoms with Crippen molar-refractivity contribution in [1.29, 1.82) is 0 Å². The van der Waals surface area contributed by atoms with Crippen LogP contribution in [0.5, 0.6) is 0 Å². The normalized spacial score (nSPS) is 17.0. The van der Waals surface area contributed by atoms with Crippen molar-refractivity contribution < 1.29 is 19.1 Å². The number of primary amides is 1. The molecule has 7 heteroatoms. The summed E-state index contributed by atoms with van der Waals surface area (Å²) in [5, 5.41) is 0. The lowest BCUT2D eigenvalue weighted by Gasteiger charge is -2.34. The van der Waals surface area contributed by atoms with Crippen molar-refractivity contribution in [3.63, 3.8) is 0 Å². The molecule has 1 fully saturated rings. The van der Waals surface area contributed by atoms with Gasteiger partial charge < -0.3 is 20.3 Å². The highest BCUT2D eigenvalue weighted by Gasteiger charge is 2.31. The number of hydrogen-bond acceptors (Lipinski definition) is 4. The highest BCUT2D eigenvalue weighted by molar-refractivity contribution is 5.84. The molecule has 2 N–H and O–H groups in total. The first-order chi connectivity index (χ1) is 12.0. The van der Waals surface area contributed by atoms with E-state index in [4.69, 9.17) is 10.5 Å². The molecule has 25 heavy (non-hydrogen) atoms. The second kappa shape index (κ2) is 9.05. The van der Waals surface area contributed by atoms with E-state index in [1.807, 2.05) is 30.3 Å². The van der Waals surface area contributed by atoms with E-state index in [9.17, 15) is 14.4 Å². The number of urea groups is 1. The Morgan fingerprint density at radius 1 is 1.28 bits per heavy atom. The molecule has 0 aromatic heterocycles. The molecule has 0 radical (unpaired) electrons. The molecule has 0 spiro atoms. The number of likely N-dealkylation sites (tertiary alicyclic amines) is 1. The third-order valence-electron chi connectivity index (χ3n) is 4.24. The number of rotatable bonds is 6. The molecule has 1 unspecified atom stereocenters. The second-order valence-electron chi connectivity index (χ2n) is 6.11. The molecule has 0 aliphatic carbocycles. The third-order valence-corrected chi connectivity index (χ3v) is 4.24. The summed E-state index contributed by atoms with van der Waals surface area (Å²) in [5.41, 5.74) is 6.27. The highest BCUT2D eigenvalue weighted by Crippen LogP contribution is 2.20. The standard InChI is InChI=1S/C18H25N3O4/c1-2-25-16(22)13-21(11-14-7-4-3-5-8-14)17(23)15-9-6-10-20(12-15)18(19)24/h3-5,7-8,15H,2,6,9-13H2,1H3,(H2,19,24). The van der Waals surface area contributed by atoms with Gasteiger partial charge in [-0.3, -0.25) is 9.59 Å². The Labute approximate surface area is 147 Å². The van der Waals surface area contributed by atoms with Crippen LogP contribution in [-0.4, -0.2) is 53.9 Å². The maximum Gasteiger partial charge on any atom is 0.325 e. The molecule has 1 atom stereocenters. The first-order valence-corrected chi connectivity index (χ1v) is 8.54. The first-order valence-electron chi connectivity index (χ1n) is 8.54. The molecule has 1 aliphatic heterocycles. The number of amides is 3. The average molecular weight is 347 g/mol. The molecule has 0 bridgehead atoms. The molecule has 1 aromatic carbocycles. The van der Waals surface area contributed by atoms with Crippen LogP contribution in [0.15, 0.2) is 30.3 Å². The van der Waals surface area contributed by atoms with E-state index >= 15 is 0 Å². The number of carbonyl (C=O) groups is 3. The number of nitrogens with zero attached hydrogens (tertiary/aromatic N) is 2. The van der Waals surface area contributed by atoms with Crippen molar-refractivity contribution in [1.82, 2.24) is 9.80 Å². The molecular formula is C18H25N3O4. The van der Waals surface area contributed by atoms with Crippen molar-refractivity contribution in [2.75, 3.05) is 26.2 Å². The molecule has 1 aliphatic rings. The van der Waals surface area contributed by atoms with Crippen LogP contribution < -0.4 is 5.73 Å². The zero-order chi connectivity index (χ0) is 18.2. The Morgan fingerprint density at radius 3 is 2.64 bits per heavy atom.